The van der Waals surface area contributed by atoms with Crippen LogP contribution in [0.5, 0.6) is 0 Å². The van der Waals surface area contributed by atoms with Crippen molar-refractivity contribution in [2.75, 3.05) is 19.5 Å². The van der Waals surface area contributed by atoms with Gasteiger partial charge in [-0.05, 0) is 24.6 Å². The van der Waals surface area contributed by atoms with E-state index < -0.39 is 0 Å². The molecule has 20 heavy (non-hydrogen) atoms. The molecule has 6 heteroatoms. The van der Waals surface area contributed by atoms with E-state index in [1.165, 1.54) is 0 Å². The number of carbonyl (C=O) groups is 1. The van der Waals surface area contributed by atoms with Crippen molar-refractivity contribution >= 4 is 40.1 Å². The maximum Gasteiger partial charge on any atom is 0.245 e. The normalized spacial score (nSPS) is 19.2. The Morgan fingerprint density at radius 2 is 2.25 bits per heavy atom. The third-order valence-corrected chi connectivity index (χ3v) is 4.18. The number of hydrogen-bond acceptors (Lipinski definition) is 2. The van der Waals surface area contributed by atoms with Gasteiger partial charge >= 0.3 is 0 Å². The number of benzene rings is 1. The summed E-state index contributed by atoms with van der Waals surface area (Å²) in [4.78, 5) is 18.6. The van der Waals surface area contributed by atoms with E-state index in [2.05, 4.69) is 4.98 Å². The molecule has 2 heterocycles. The molecule has 0 N–H and O–H groups in total. The van der Waals surface area contributed by atoms with Crippen LogP contribution in [0.3, 0.4) is 0 Å². The summed E-state index contributed by atoms with van der Waals surface area (Å²) < 4.78 is 2.03. The van der Waals surface area contributed by atoms with Crippen LogP contribution in [0.25, 0.3) is 11.0 Å². The predicted molar refractivity (Wildman–Crippen MR) is 80.5 cm³/mol. The molecule has 1 unspecified atom stereocenters. The van der Waals surface area contributed by atoms with Crippen molar-refractivity contribution in [1.29, 1.82) is 0 Å². The third-order valence-electron chi connectivity index (χ3n) is 3.75. The van der Waals surface area contributed by atoms with Gasteiger partial charge in [0.25, 0.3) is 0 Å². The number of aromatic nitrogens is 2. The Morgan fingerprint density at radius 3 is 2.90 bits per heavy atom. The Morgan fingerprint density at radius 1 is 1.45 bits per heavy atom. The second kappa shape index (κ2) is 5.26. The van der Waals surface area contributed by atoms with Gasteiger partial charge in [-0.2, -0.15) is 0 Å². The van der Waals surface area contributed by atoms with E-state index in [0.29, 0.717) is 17.3 Å². The number of hydrogen-bond donors (Lipinski definition) is 0. The smallest absolute Gasteiger partial charge is 0.245 e. The average Bonchev–Trinajstić information content (AvgIpc) is 2.91. The number of likely N-dealkylation sites (N-methyl/N-ethyl adjacent to an activating group) is 1. The molecule has 1 amide bonds. The first-order valence-corrected chi connectivity index (χ1v) is 7.50. The van der Waals surface area contributed by atoms with Gasteiger partial charge in [0.2, 0.25) is 5.91 Å². The first kappa shape index (κ1) is 13.7. The van der Waals surface area contributed by atoms with Gasteiger partial charge in [0.1, 0.15) is 11.9 Å². The zero-order chi connectivity index (χ0) is 14.3. The van der Waals surface area contributed by atoms with Crippen LogP contribution < -0.4 is 0 Å². The van der Waals surface area contributed by atoms with E-state index >= 15 is 0 Å². The first-order valence-electron chi connectivity index (χ1n) is 6.59. The van der Waals surface area contributed by atoms with Gasteiger partial charge in [-0.15, -0.1) is 11.6 Å². The first-order chi connectivity index (χ1) is 9.61. The number of amides is 1. The minimum absolute atomic E-state index is 0.134. The number of carbonyl (C=O) groups excluding carboxylic acids is 1. The van der Waals surface area contributed by atoms with Gasteiger partial charge in [-0.1, -0.05) is 11.6 Å². The molecular weight excluding hydrogens is 297 g/mol. The Bertz CT molecular complexity index is 668. The Balaban J connectivity index is 2.16. The van der Waals surface area contributed by atoms with Crippen molar-refractivity contribution in [3.05, 3.63) is 29.0 Å². The molecule has 0 aliphatic carbocycles. The summed E-state index contributed by atoms with van der Waals surface area (Å²) in [6, 6.07) is 5.40. The summed E-state index contributed by atoms with van der Waals surface area (Å²) >= 11 is 11.9. The van der Waals surface area contributed by atoms with Gasteiger partial charge in [0, 0.05) is 30.9 Å². The number of nitrogens with zero attached hydrogens (tertiary/aromatic N) is 3. The summed E-state index contributed by atoms with van der Waals surface area (Å²) in [7, 11) is 1.83. The topological polar surface area (TPSA) is 38.1 Å². The highest BCUT2D eigenvalue weighted by molar-refractivity contribution is 6.31. The van der Waals surface area contributed by atoms with E-state index in [1.54, 1.807) is 4.90 Å². The van der Waals surface area contributed by atoms with Gasteiger partial charge in [0.15, 0.2) is 0 Å². The minimum atomic E-state index is -0.176. The van der Waals surface area contributed by atoms with Gasteiger partial charge in [-0.3, -0.25) is 4.79 Å². The largest absolute Gasteiger partial charge is 0.344 e. The molecule has 0 saturated carbocycles. The highest BCUT2D eigenvalue weighted by Crippen LogP contribution is 2.30. The molecule has 1 aromatic carbocycles. The Labute approximate surface area is 127 Å². The van der Waals surface area contributed by atoms with Gasteiger partial charge in [0.05, 0.1) is 11.0 Å². The number of fused-ring (bicyclic) bond motifs is 1. The fourth-order valence-electron chi connectivity index (χ4n) is 2.77. The lowest BCUT2D eigenvalue weighted by atomic mass is 10.2. The number of imidazole rings is 1. The van der Waals surface area contributed by atoms with Crippen molar-refractivity contribution in [3.8, 4) is 0 Å². The molecule has 0 spiro atoms. The molecule has 106 valence electrons. The second-order valence-electron chi connectivity index (χ2n) is 5.03. The Hall–Kier alpha value is -1.26. The molecule has 1 fully saturated rings. The van der Waals surface area contributed by atoms with Crippen molar-refractivity contribution in [2.24, 2.45) is 0 Å². The summed E-state index contributed by atoms with van der Waals surface area (Å²) in [6.07, 6.45) is 1.44. The van der Waals surface area contributed by atoms with Crippen LogP contribution in [-0.2, 0) is 11.2 Å². The molecule has 0 radical (unpaired) electrons. The molecule has 0 bridgehead atoms. The zero-order valence-electron chi connectivity index (χ0n) is 11.1. The third kappa shape index (κ3) is 2.17. The quantitative estimate of drug-likeness (QED) is 0.817. The van der Waals surface area contributed by atoms with E-state index in [0.717, 1.165) is 29.8 Å². The summed E-state index contributed by atoms with van der Waals surface area (Å²) in [5.74, 6) is 1.47. The maximum absolute atomic E-state index is 12.3. The molecule has 3 rings (SSSR count). The van der Waals surface area contributed by atoms with E-state index in [9.17, 15) is 4.79 Å². The summed E-state index contributed by atoms with van der Waals surface area (Å²) in [5, 5.41) is 0.648. The SMILES string of the molecule is CN1CCC(n2c(CCCl)nc3cc(Cl)ccc32)C1=O. The number of likely N-dealkylation sites (tertiary alicyclic amines) is 1. The predicted octanol–water partition coefficient (Wildman–Crippen LogP) is 2.87. The second-order valence-corrected chi connectivity index (χ2v) is 5.85. The van der Waals surface area contributed by atoms with Crippen molar-refractivity contribution < 1.29 is 4.79 Å². The van der Waals surface area contributed by atoms with Crippen LogP contribution in [0.4, 0.5) is 0 Å². The lowest BCUT2D eigenvalue weighted by Crippen LogP contribution is -2.25. The van der Waals surface area contributed by atoms with Crippen molar-refractivity contribution in [3.63, 3.8) is 0 Å². The van der Waals surface area contributed by atoms with Crippen LogP contribution in [0.1, 0.15) is 18.3 Å². The fraction of sp³-hybridized carbons (Fsp3) is 0.429. The van der Waals surface area contributed by atoms with E-state index in [-0.39, 0.29) is 11.9 Å². The molecule has 2 aromatic rings. The Kier molecular flexibility index (Phi) is 3.61. The molecule has 1 aliphatic heterocycles. The molecule has 1 saturated heterocycles. The fourth-order valence-corrected chi connectivity index (χ4v) is 3.11. The lowest BCUT2D eigenvalue weighted by Gasteiger charge is -2.15. The van der Waals surface area contributed by atoms with Crippen LogP contribution in [0.2, 0.25) is 5.02 Å². The average molecular weight is 312 g/mol. The lowest BCUT2D eigenvalue weighted by molar-refractivity contribution is -0.129. The van der Waals surface area contributed by atoms with Crippen molar-refractivity contribution in [1.82, 2.24) is 14.5 Å². The molecular formula is C14H15Cl2N3O. The van der Waals surface area contributed by atoms with Crippen LogP contribution in [0.15, 0.2) is 18.2 Å². The van der Waals surface area contributed by atoms with Gasteiger partial charge in [-0.25, -0.2) is 4.98 Å². The highest BCUT2D eigenvalue weighted by atomic mass is 35.5. The maximum atomic E-state index is 12.3. The monoisotopic (exact) mass is 311 g/mol. The molecule has 1 atom stereocenters. The number of aryl methyl sites for hydroxylation is 1. The zero-order valence-corrected chi connectivity index (χ0v) is 12.7. The molecule has 1 aliphatic rings. The van der Waals surface area contributed by atoms with E-state index in [4.69, 9.17) is 23.2 Å². The highest BCUT2D eigenvalue weighted by Gasteiger charge is 2.33. The number of halogens is 2. The number of alkyl halides is 1. The minimum Gasteiger partial charge on any atom is -0.344 e. The molecule has 4 nitrogen and oxygen atoms in total. The summed E-state index contributed by atoms with van der Waals surface area (Å²) in [6.45, 7) is 0.775. The van der Waals surface area contributed by atoms with E-state index in [1.807, 2.05) is 29.8 Å². The van der Waals surface area contributed by atoms with Crippen molar-refractivity contribution in [2.45, 2.75) is 18.9 Å². The van der Waals surface area contributed by atoms with Gasteiger partial charge < -0.3 is 9.47 Å². The van der Waals surface area contributed by atoms with Crippen LogP contribution in [0, 0.1) is 0 Å². The summed E-state index contributed by atoms with van der Waals surface area (Å²) in [5.41, 5.74) is 1.77. The van der Waals surface area contributed by atoms with Crippen LogP contribution in [-0.4, -0.2) is 39.8 Å². The standard InChI is InChI=1S/C14H15Cl2N3O/c1-18-7-5-12(14(18)20)19-11-3-2-9(16)8-10(11)17-13(19)4-6-15/h2-3,8,12H,4-7H2,1H3. The van der Waals surface area contributed by atoms with Crippen LogP contribution >= 0.6 is 23.2 Å². The molecule has 1 aromatic heterocycles. The number of rotatable bonds is 3.